The highest BCUT2D eigenvalue weighted by Gasteiger charge is 2.30. The minimum Gasteiger partial charge on any atom is -0.379 e. The van der Waals surface area contributed by atoms with E-state index in [-0.39, 0.29) is 23.9 Å². The van der Waals surface area contributed by atoms with Crippen molar-refractivity contribution in [3.05, 3.63) is 65.2 Å². The summed E-state index contributed by atoms with van der Waals surface area (Å²) in [5, 5.41) is 8.90. The number of sulfonamides is 1. The monoisotopic (exact) mass is 454 g/mol. The van der Waals surface area contributed by atoms with Crippen molar-refractivity contribution in [1.82, 2.24) is 14.1 Å². The van der Waals surface area contributed by atoms with Crippen molar-refractivity contribution in [3.63, 3.8) is 0 Å². The Morgan fingerprint density at radius 3 is 2.31 bits per heavy atom. The van der Waals surface area contributed by atoms with Crippen LogP contribution in [0.4, 0.5) is 0 Å². The summed E-state index contributed by atoms with van der Waals surface area (Å²) in [5.41, 5.74) is 2.12. The topological polar surface area (TPSA) is 93.9 Å². The van der Waals surface area contributed by atoms with Gasteiger partial charge in [-0.2, -0.15) is 9.57 Å². The molecule has 8 nitrogen and oxygen atoms in total. The Bertz CT molecular complexity index is 1100. The largest absolute Gasteiger partial charge is 0.379 e. The van der Waals surface area contributed by atoms with E-state index in [0.29, 0.717) is 24.2 Å². The molecule has 2 aliphatic heterocycles. The molecule has 2 saturated heterocycles. The van der Waals surface area contributed by atoms with Crippen LogP contribution in [0.25, 0.3) is 0 Å². The van der Waals surface area contributed by atoms with Crippen molar-refractivity contribution >= 4 is 15.9 Å². The van der Waals surface area contributed by atoms with Crippen LogP contribution in [-0.2, 0) is 21.3 Å². The number of benzene rings is 2. The SMILES string of the molecule is N#Cc1ccc(S(=O)(=O)N2CCN(C(=O)c3cccc(CN4CCOCC4)c3)CC2)cc1. The molecule has 0 aromatic heterocycles. The molecular weight excluding hydrogens is 428 g/mol. The summed E-state index contributed by atoms with van der Waals surface area (Å²) >= 11 is 0. The third-order valence-corrected chi connectivity index (χ3v) is 7.74. The number of ether oxygens (including phenoxy) is 1. The summed E-state index contributed by atoms with van der Waals surface area (Å²) in [7, 11) is -3.65. The number of piperazine rings is 1. The molecule has 0 spiro atoms. The van der Waals surface area contributed by atoms with Crippen LogP contribution in [0.2, 0.25) is 0 Å². The molecule has 2 fully saturated rings. The minimum absolute atomic E-state index is 0.0794. The van der Waals surface area contributed by atoms with Crippen LogP contribution in [-0.4, -0.2) is 80.9 Å². The lowest BCUT2D eigenvalue weighted by Crippen LogP contribution is -2.50. The van der Waals surface area contributed by atoms with Crippen LogP contribution in [0, 0.1) is 11.3 Å². The number of hydrogen-bond acceptors (Lipinski definition) is 6. The Labute approximate surface area is 188 Å². The Kier molecular flexibility index (Phi) is 6.86. The number of hydrogen-bond donors (Lipinski definition) is 0. The first-order chi connectivity index (χ1) is 15.5. The highest BCUT2D eigenvalue weighted by molar-refractivity contribution is 7.89. The number of rotatable bonds is 5. The van der Waals surface area contributed by atoms with E-state index in [4.69, 9.17) is 10.00 Å². The first-order valence-corrected chi connectivity index (χ1v) is 12.1. The zero-order valence-corrected chi connectivity index (χ0v) is 18.6. The second-order valence-corrected chi connectivity index (χ2v) is 9.86. The molecule has 0 radical (unpaired) electrons. The van der Waals surface area contributed by atoms with Crippen molar-refractivity contribution < 1.29 is 17.9 Å². The number of nitriles is 1. The lowest BCUT2D eigenvalue weighted by molar-refractivity contribution is 0.0341. The molecule has 0 aliphatic carbocycles. The standard InChI is InChI=1S/C23H26N4O4S/c24-17-19-4-6-22(7-5-19)32(29,30)27-10-8-26(9-11-27)23(28)21-3-1-2-20(16-21)18-25-12-14-31-15-13-25/h1-7,16H,8-15,18H2. The van der Waals surface area contributed by atoms with E-state index in [0.717, 1.165) is 38.4 Å². The van der Waals surface area contributed by atoms with Crippen molar-refractivity contribution in [2.24, 2.45) is 0 Å². The van der Waals surface area contributed by atoms with E-state index in [1.54, 1.807) is 4.90 Å². The molecule has 2 aliphatic rings. The predicted octanol–water partition coefficient (Wildman–Crippen LogP) is 1.54. The first kappa shape index (κ1) is 22.4. The average molecular weight is 455 g/mol. The molecule has 0 bridgehead atoms. The van der Waals surface area contributed by atoms with Gasteiger partial charge < -0.3 is 9.64 Å². The number of nitrogens with zero attached hydrogens (tertiary/aromatic N) is 4. The number of amides is 1. The Balaban J connectivity index is 1.38. The van der Waals surface area contributed by atoms with Gasteiger partial charge in [-0.3, -0.25) is 9.69 Å². The molecule has 9 heteroatoms. The van der Waals surface area contributed by atoms with Crippen molar-refractivity contribution in [3.8, 4) is 6.07 Å². The van der Waals surface area contributed by atoms with E-state index in [1.807, 2.05) is 30.3 Å². The van der Waals surface area contributed by atoms with E-state index in [9.17, 15) is 13.2 Å². The average Bonchev–Trinajstić information content (AvgIpc) is 2.84. The van der Waals surface area contributed by atoms with Crippen LogP contribution >= 0.6 is 0 Å². The Morgan fingerprint density at radius 1 is 0.969 bits per heavy atom. The molecule has 2 heterocycles. The highest BCUT2D eigenvalue weighted by Crippen LogP contribution is 2.19. The van der Waals surface area contributed by atoms with Crippen LogP contribution in [0.15, 0.2) is 53.4 Å². The normalized spacial score (nSPS) is 18.3. The quantitative estimate of drug-likeness (QED) is 0.680. The lowest BCUT2D eigenvalue weighted by atomic mass is 10.1. The fraction of sp³-hybridized carbons (Fsp3) is 0.391. The molecule has 168 valence electrons. The van der Waals surface area contributed by atoms with E-state index in [1.165, 1.54) is 28.6 Å². The zero-order valence-electron chi connectivity index (χ0n) is 17.8. The van der Waals surface area contributed by atoms with Crippen molar-refractivity contribution in [2.45, 2.75) is 11.4 Å². The molecule has 0 saturated carbocycles. The molecular formula is C23H26N4O4S. The van der Waals surface area contributed by atoms with Gasteiger partial charge in [-0.1, -0.05) is 12.1 Å². The second kappa shape index (κ2) is 9.79. The molecule has 0 unspecified atom stereocenters. The summed E-state index contributed by atoms with van der Waals surface area (Å²) in [6.45, 7) is 5.15. The summed E-state index contributed by atoms with van der Waals surface area (Å²) in [6.07, 6.45) is 0. The van der Waals surface area contributed by atoms with Gasteiger partial charge in [-0.15, -0.1) is 0 Å². The Hall–Kier alpha value is -2.77. The van der Waals surface area contributed by atoms with Gasteiger partial charge in [0, 0.05) is 51.4 Å². The molecule has 0 atom stereocenters. The number of morpholine rings is 1. The fourth-order valence-electron chi connectivity index (χ4n) is 3.98. The smallest absolute Gasteiger partial charge is 0.253 e. The Morgan fingerprint density at radius 2 is 1.66 bits per heavy atom. The van der Waals surface area contributed by atoms with Gasteiger partial charge in [0.15, 0.2) is 0 Å². The molecule has 32 heavy (non-hydrogen) atoms. The second-order valence-electron chi connectivity index (χ2n) is 7.92. The van der Waals surface area contributed by atoms with Gasteiger partial charge in [0.05, 0.1) is 29.7 Å². The summed E-state index contributed by atoms with van der Waals surface area (Å²) in [6, 6.07) is 15.5. The summed E-state index contributed by atoms with van der Waals surface area (Å²) < 4.78 is 32.6. The maximum atomic E-state index is 13.0. The molecule has 2 aromatic rings. The number of carbonyl (C=O) groups excluding carboxylic acids is 1. The lowest BCUT2D eigenvalue weighted by Gasteiger charge is -2.34. The van der Waals surface area contributed by atoms with Gasteiger partial charge in [0.2, 0.25) is 10.0 Å². The summed E-state index contributed by atoms with van der Waals surface area (Å²) in [4.78, 5) is 17.2. The van der Waals surface area contributed by atoms with Crippen LogP contribution < -0.4 is 0 Å². The van der Waals surface area contributed by atoms with Crippen LogP contribution in [0.5, 0.6) is 0 Å². The molecule has 0 N–H and O–H groups in total. The third kappa shape index (κ3) is 5.00. The maximum Gasteiger partial charge on any atom is 0.253 e. The molecule has 4 rings (SSSR count). The predicted molar refractivity (Wildman–Crippen MR) is 118 cm³/mol. The maximum absolute atomic E-state index is 13.0. The van der Waals surface area contributed by atoms with Gasteiger partial charge >= 0.3 is 0 Å². The van der Waals surface area contributed by atoms with Crippen molar-refractivity contribution in [2.75, 3.05) is 52.5 Å². The molecule has 1 amide bonds. The van der Waals surface area contributed by atoms with Crippen LogP contribution in [0.3, 0.4) is 0 Å². The van der Waals surface area contributed by atoms with Gasteiger partial charge in [0.1, 0.15) is 0 Å². The zero-order chi connectivity index (χ0) is 22.6. The fourth-order valence-corrected chi connectivity index (χ4v) is 5.41. The highest BCUT2D eigenvalue weighted by atomic mass is 32.2. The van der Waals surface area contributed by atoms with Crippen molar-refractivity contribution in [1.29, 1.82) is 5.26 Å². The van der Waals surface area contributed by atoms with Gasteiger partial charge in [-0.05, 0) is 42.0 Å². The van der Waals surface area contributed by atoms with Gasteiger partial charge in [0.25, 0.3) is 5.91 Å². The summed E-state index contributed by atoms with van der Waals surface area (Å²) in [5.74, 6) is -0.0794. The van der Waals surface area contributed by atoms with Crippen LogP contribution in [0.1, 0.15) is 21.5 Å². The third-order valence-electron chi connectivity index (χ3n) is 5.83. The molecule has 2 aromatic carbocycles. The first-order valence-electron chi connectivity index (χ1n) is 10.7. The minimum atomic E-state index is -3.65. The van der Waals surface area contributed by atoms with E-state index >= 15 is 0 Å². The van der Waals surface area contributed by atoms with E-state index in [2.05, 4.69) is 4.90 Å². The number of carbonyl (C=O) groups is 1. The van der Waals surface area contributed by atoms with Gasteiger partial charge in [-0.25, -0.2) is 8.42 Å². The van der Waals surface area contributed by atoms with E-state index < -0.39 is 10.0 Å².